The molecular formula is C21H26N6O4S2. The third-order valence-corrected chi connectivity index (χ3v) is 8.73. The van der Waals surface area contributed by atoms with E-state index in [-0.39, 0.29) is 40.3 Å². The van der Waals surface area contributed by atoms with Gasteiger partial charge in [-0.3, -0.25) is 14.3 Å². The number of hydrogen-bond donors (Lipinski definition) is 1. The van der Waals surface area contributed by atoms with Crippen LogP contribution >= 0.6 is 11.8 Å². The van der Waals surface area contributed by atoms with Crippen molar-refractivity contribution in [2.45, 2.75) is 24.9 Å². The van der Waals surface area contributed by atoms with Gasteiger partial charge in [0, 0.05) is 20.5 Å². The highest BCUT2D eigenvalue weighted by atomic mass is 32.2. The van der Waals surface area contributed by atoms with Crippen LogP contribution < -0.4 is 10.9 Å². The van der Waals surface area contributed by atoms with Crippen molar-refractivity contribution in [1.82, 2.24) is 24.1 Å². The Bertz CT molecular complexity index is 1340. The quantitative estimate of drug-likeness (QED) is 0.496. The molecule has 1 aliphatic heterocycles. The van der Waals surface area contributed by atoms with Crippen molar-refractivity contribution in [3.63, 3.8) is 0 Å². The van der Waals surface area contributed by atoms with Gasteiger partial charge < -0.3 is 9.88 Å². The molecule has 1 amide bonds. The lowest BCUT2D eigenvalue weighted by Crippen LogP contribution is -2.23. The standard InChI is InChI=1S/C21H26N6O4S2/c1-14-19(20(29)27(26(14)3)16-7-5-4-6-8-16)22-18(28)12-32-21-24-23-17(25(21)2)11-15-9-10-33(30,31)13-15/h4-8,15H,9-13H2,1-3H3,(H,22,28)/t15-/m0/s1. The first-order valence-electron chi connectivity index (χ1n) is 10.5. The van der Waals surface area contributed by atoms with Gasteiger partial charge in [0.1, 0.15) is 11.5 Å². The van der Waals surface area contributed by atoms with Crippen LogP contribution in [0.3, 0.4) is 0 Å². The van der Waals surface area contributed by atoms with Crippen molar-refractivity contribution in [2.75, 3.05) is 22.6 Å². The largest absolute Gasteiger partial charge is 0.319 e. The lowest BCUT2D eigenvalue weighted by molar-refractivity contribution is -0.113. The van der Waals surface area contributed by atoms with Crippen molar-refractivity contribution in [2.24, 2.45) is 20.0 Å². The van der Waals surface area contributed by atoms with E-state index in [4.69, 9.17) is 0 Å². The molecular weight excluding hydrogens is 464 g/mol. The number of para-hydroxylation sites is 1. The number of nitrogens with zero attached hydrogens (tertiary/aromatic N) is 5. The van der Waals surface area contributed by atoms with Crippen LogP contribution in [0.2, 0.25) is 0 Å². The average Bonchev–Trinajstić information content (AvgIpc) is 3.37. The fraction of sp³-hybridized carbons (Fsp3) is 0.429. The molecule has 176 valence electrons. The SMILES string of the molecule is Cc1c(NC(=O)CSc2nnc(C[C@@H]3CCS(=O)(=O)C3)n2C)c(=O)n(-c2ccccc2)n1C. The highest BCUT2D eigenvalue weighted by Gasteiger charge is 2.29. The van der Waals surface area contributed by atoms with Gasteiger partial charge in [0.2, 0.25) is 5.91 Å². The molecule has 0 saturated carbocycles. The molecule has 0 bridgehead atoms. The number of thioether (sulfide) groups is 1. The van der Waals surface area contributed by atoms with Crippen molar-refractivity contribution >= 4 is 33.2 Å². The second kappa shape index (κ2) is 9.18. The molecule has 1 aliphatic rings. The van der Waals surface area contributed by atoms with Crippen LogP contribution in [-0.4, -0.2) is 55.7 Å². The van der Waals surface area contributed by atoms with E-state index < -0.39 is 9.84 Å². The number of carbonyl (C=O) groups is 1. The van der Waals surface area contributed by atoms with Gasteiger partial charge in [0.25, 0.3) is 5.56 Å². The minimum Gasteiger partial charge on any atom is -0.319 e. The van der Waals surface area contributed by atoms with Gasteiger partial charge in [-0.15, -0.1) is 10.2 Å². The van der Waals surface area contributed by atoms with E-state index in [2.05, 4.69) is 15.5 Å². The Labute approximate surface area is 195 Å². The molecule has 0 unspecified atom stereocenters. The predicted octanol–water partition coefficient (Wildman–Crippen LogP) is 1.32. The summed E-state index contributed by atoms with van der Waals surface area (Å²) in [6, 6.07) is 9.22. The molecule has 1 fully saturated rings. The van der Waals surface area contributed by atoms with Crippen LogP contribution in [-0.2, 0) is 35.1 Å². The van der Waals surface area contributed by atoms with Crippen LogP contribution in [0, 0.1) is 12.8 Å². The number of anilines is 1. The van der Waals surface area contributed by atoms with E-state index in [9.17, 15) is 18.0 Å². The van der Waals surface area contributed by atoms with E-state index in [0.717, 1.165) is 0 Å². The van der Waals surface area contributed by atoms with Crippen molar-refractivity contribution < 1.29 is 13.2 Å². The zero-order valence-corrected chi connectivity index (χ0v) is 20.3. The lowest BCUT2D eigenvalue weighted by atomic mass is 10.1. The first-order chi connectivity index (χ1) is 15.7. The molecule has 10 nitrogen and oxygen atoms in total. The Balaban J connectivity index is 1.41. The first kappa shape index (κ1) is 23.3. The Hall–Kier alpha value is -2.86. The average molecular weight is 491 g/mol. The van der Waals surface area contributed by atoms with E-state index >= 15 is 0 Å². The molecule has 1 aromatic carbocycles. The molecule has 1 N–H and O–H groups in total. The van der Waals surface area contributed by atoms with Gasteiger partial charge in [-0.1, -0.05) is 30.0 Å². The fourth-order valence-corrected chi connectivity index (χ4v) is 6.55. The summed E-state index contributed by atoms with van der Waals surface area (Å²) in [5.41, 5.74) is 1.30. The van der Waals surface area contributed by atoms with E-state index in [1.165, 1.54) is 16.4 Å². The molecule has 2 aromatic heterocycles. The highest BCUT2D eigenvalue weighted by Crippen LogP contribution is 2.24. The van der Waals surface area contributed by atoms with Crippen molar-refractivity contribution in [3.05, 3.63) is 52.2 Å². The van der Waals surface area contributed by atoms with Gasteiger partial charge >= 0.3 is 0 Å². The Kier molecular flexibility index (Phi) is 6.48. The number of sulfone groups is 1. The molecule has 0 spiro atoms. The molecule has 1 atom stereocenters. The minimum absolute atomic E-state index is 0.0480. The van der Waals surface area contributed by atoms with E-state index in [1.807, 2.05) is 30.3 Å². The third kappa shape index (κ3) is 4.91. The minimum atomic E-state index is -2.94. The lowest BCUT2D eigenvalue weighted by Gasteiger charge is -2.08. The number of aromatic nitrogens is 5. The van der Waals surface area contributed by atoms with E-state index in [0.29, 0.717) is 35.2 Å². The summed E-state index contributed by atoms with van der Waals surface area (Å²) in [5, 5.41) is 11.6. The Morgan fingerprint density at radius 1 is 1.21 bits per heavy atom. The highest BCUT2D eigenvalue weighted by molar-refractivity contribution is 7.99. The normalized spacial score (nSPS) is 17.4. The summed E-state index contributed by atoms with van der Waals surface area (Å²) in [4.78, 5) is 25.5. The maximum absolute atomic E-state index is 12.9. The maximum Gasteiger partial charge on any atom is 0.295 e. The number of hydrogen-bond acceptors (Lipinski definition) is 7. The Morgan fingerprint density at radius 3 is 2.61 bits per heavy atom. The number of carbonyl (C=O) groups excluding carboxylic acids is 1. The second-order valence-corrected chi connectivity index (χ2v) is 11.4. The number of amides is 1. The second-order valence-electron chi connectivity index (χ2n) is 8.20. The molecule has 33 heavy (non-hydrogen) atoms. The predicted molar refractivity (Wildman–Crippen MR) is 127 cm³/mol. The summed E-state index contributed by atoms with van der Waals surface area (Å²) in [6.45, 7) is 1.78. The molecule has 0 radical (unpaired) electrons. The smallest absolute Gasteiger partial charge is 0.295 e. The van der Waals surface area contributed by atoms with Gasteiger partial charge in [0.15, 0.2) is 15.0 Å². The molecule has 0 aliphatic carbocycles. The van der Waals surface area contributed by atoms with Gasteiger partial charge in [-0.25, -0.2) is 13.1 Å². The van der Waals surface area contributed by atoms with Crippen LogP contribution in [0.25, 0.3) is 5.69 Å². The Morgan fingerprint density at radius 2 is 1.94 bits per heavy atom. The van der Waals surface area contributed by atoms with Crippen LogP contribution in [0.1, 0.15) is 17.9 Å². The van der Waals surface area contributed by atoms with Gasteiger partial charge in [-0.2, -0.15) is 0 Å². The summed E-state index contributed by atoms with van der Waals surface area (Å²) in [5.74, 6) is 0.890. The van der Waals surface area contributed by atoms with Crippen molar-refractivity contribution in [1.29, 1.82) is 0 Å². The third-order valence-electron chi connectivity index (χ3n) is 5.87. The number of nitrogens with one attached hydrogen (secondary N) is 1. The van der Waals surface area contributed by atoms with Crippen molar-refractivity contribution in [3.8, 4) is 5.69 Å². The molecule has 3 aromatic rings. The molecule has 4 rings (SSSR count). The van der Waals surface area contributed by atoms with Crippen LogP contribution in [0.4, 0.5) is 5.69 Å². The fourth-order valence-electron chi connectivity index (χ4n) is 3.96. The van der Waals surface area contributed by atoms with E-state index in [1.54, 1.807) is 30.3 Å². The van der Waals surface area contributed by atoms with Gasteiger partial charge in [0.05, 0.1) is 28.6 Å². The summed E-state index contributed by atoms with van der Waals surface area (Å²) in [6.07, 6.45) is 1.18. The summed E-state index contributed by atoms with van der Waals surface area (Å²) >= 11 is 1.22. The molecule has 3 heterocycles. The maximum atomic E-state index is 12.9. The summed E-state index contributed by atoms with van der Waals surface area (Å²) in [7, 11) is 0.629. The van der Waals surface area contributed by atoms with Crippen LogP contribution in [0.15, 0.2) is 40.3 Å². The summed E-state index contributed by atoms with van der Waals surface area (Å²) < 4.78 is 28.4. The van der Waals surface area contributed by atoms with Gasteiger partial charge in [-0.05, 0) is 31.4 Å². The van der Waals surface area contributed by atoms with Crippen LogP contribution in [0.5, 0.6) is 0 Å². The zero-order chi connectivity index (χ0) is 23.8. The number of benzene rings is 1. The number of rotatable bonds is 7. The topological polar surface area (TPSA) is 121 Å². The zero-order valence-electron chi connectivity index (χ0n) is 18.7. The monoisotopic (exact) mass is 490 g/mol. The molecule has 1 saturated heterocycles. The molecule has 12 heteroatoms. The first-order valence-corrected chi connectivity index (χ1v) is 13.3.